The van der Waals surface area contributed by atoms with Gasteiger partial charge >= 0.3 is 12.1 Å². The first kappa shape index (κ1) is 17.2. The molecule has 1 fully saturated rings. The summed E-state index contributed by atoms with van der Waals surface area (Å²) in [6.45, 7) is 2.70. The maximum atomic E-state index is 12.2. The summed E-state index contributed by atoms with van der Waals surface area (Å²) in [6.07, 6.45) is -2.74. The van der Waals surface area contributed by atoms with E-state index in [0.717, 1.165) is 5.56 Å². The first-order valence-electron chi connectivity index (χ1n) is 6.80. The Balaban J connectivity index is 2.22. The molecule has 1 heterocycles. The van der Waals surface area contributed by atoms with Gasteiger partial charge in [0.05, 0.1) is 17.5 Å². The molecule has 2 atom stereocenters. The summed E-state index contributed by atoms with van der Waals surface area (Å²) in [4.78, 5) is 23.2. The number of aliphatic carboxylic acids is 1. The number of benzene rings is 1. The Morgan fingerprint density at radius 1 is 1.26 bits per heavy atom. The third-order valence-corrected chi connectivity index (χ3v) is 5.25. The van der Waals surface area contributed by atoms with Crippen molar-refractivity contribution in [3.8, 4) is 0 Å². The van der Waals surface area contributed by atoms with E-state index in [1.807, 2.05) is 0 Å². The first-order chi connectivity index (χ1) is 10.6. The molecule has 0 aliphatic carbocycles. The van der Waals surface area contributed by atoms with E-state index in [-0.39, 0.29) is 17.9 Å². The highest BCUT2D eigenvalue weighted by Gasteiger charge is 2.52. The lowest BCUT2D eigenvalue weighted by molar-refractivity contribution is -0.147. The lowest BCUT2D eigenvalue weighted by Gasteiger charge is -2.27. The minimum Gasteiger partial charge on any atom is -0.480 e. The van der Waals surface area contributed by atoms with Crippen LogP contribution in [0, 0.1) is 6.92 Å². The quantitative estimate of drug-likeness (QED) is 0.790. The second-order valence-corrected chi connectivity index (χ2v) is 7.23. The Morgan fingerprint density at radius 2 is 1.83 bits per heavy atom. The Morgan fingerprint density at radius 3 is 2.26 bits per heavy atom. The van der Waals surface area contributed by atoms with Crippen LogP contribution < -0.4 is 0 Å². The van der Waals surface area contributed by atoms with Gasteiger partial charge < -0.3 is 10.2 Å². The molecule has 1 aromatic rings. The Kier molecular flexibility index (Phi) is 4.36. The van der Waals surface area contributed by atoms with E-state index in [4.69, 9.17) is 9.29 Å². The normalized spacial score (nSPS) is 24.6. The van der Waals surface area contributed by atoms with Crippen molar-refractivity contribution < 1.29 is 32.4 Å². The van der Waals surface area contributed by atoms with Crippen LogP contribution in [-0.4, -0.2) is 53.8 Å². The third-order valence-electron chi connectivity index (χ3n) is 3.87. The van der Waals surface area contributed by atoms with E-state index in [1.54, 1.807) is 19.1 Å². The average molecular weight is 343 g/mol. The summed E-state index contributed by atoms with van der Waals surface area (Å²) in [6, 6.07) is 5.97. The molecular formula is C14H17NO7S. The first-order valence-corrected chi connectivity index (χ1v) is 8.21. The van der Waals surface area contributed by atoms with Crippen LogP contribution >= 0.6 is 0 Å². The molecule has 0 spiro atoms. The van der Waals surface area contributed by atoms with Crippen molar-refractivity contribution in [3.63, 3.8) is 0 Å². The molecule has 1 aromatic carbocycles. The number of carboxylic acids is 1. The van der Waals surface area contributed by atoms with Crippen LogP contribution in [-0.2, 0) is 19.1 Å². The molecule has 1 amide bonds. The van der Waals surface area contributed by atoms with Crippen LogP contribution in [0.5, 0.6) is 0 Å². The van der Waals surface area contributed by atoms with E-state index in [9.17, 15) is 23.1 Å². The monoisotopic (exact) mass is 343 g/mol. The zero-order valence-electron chi connectivity index (χ0n) is 12.6. The molecule has 0 bridgehead atoms. The van der Waals surface area contributed by atoms with Crippen LogP contribution in [0.25, 0.3) is 0 Å². The van der Waals surface area contributed by atoms with Crippen molar-refractivity contribution in [1.29, 1.82) is 0 Å². The standard InChI is InChI=1S/C14H17NO7S/c1-9-3-5-11(6-4-9)23(20,21)22-10-7-14(2,12(16)17)15(8-10)13(18)19/h3-6,10H,7-8H2,1-2H3,(H,16,17)(H,18,19)/t10-,14+/m1/s1. The van der Waals surface area contributed by atoms with Crippen molar-refractivity contribution in [2.75, 3.05) is 6.54 Å². The molecule has 8 nitrogen and oxygen atoms in total. The Labute approximate surface area is 133 Å². The van der Waals surface area contributed by atoms with E-state index in [0.29, 0.717) is 4.90 Å². The van der Waals surface area contributed by atoms with Crippen molar-refractivity contribution in [2.45, 2.75) is 36.8 Å². The number of carboxylic acid groups (broad SMARTS) is 2. The van der Waals surface area contributed by atoms with Gasteiger partial charge in [0.1, 0.15) is 5.54 Å². The topological polar surface area (TPSA) is 121 Å². The van der Waals surface area contributed by atoms with Crippen LogP contribution in [0.15, 0.2) is 29.2 Å². The smallest absolute Gasteiger partial charge is 0.408 e. The fourth-order valence-electron chi connectivity index (χ4n) is 2.52. The van der Waals surface area contributed by atoms with Crippen molar-refractivity contribution in [1.82, 2.24) is 4.90 Å². The van der Waals surface area contributed by atoms with Gasteiger partial charge in [0.2, 0.25) is 0 Å². The predicted octanol–water partition coefficient (Wildman–Crippen LogP) is 1.30. The van der Waals surface area contributed by atoms with Gasteiger partial charge in [0.25, 0.3) is 10.1 Å². The van der Waals surface area contributed by atoms with Gasteiger partial charge in [-0.15, -0.1) is 0 Å². The zero-order chi connectivity index (χ0) is 17.4. The number of rotatable bonds is 4. The molecule has 9 heteroatoms. The summed E-state index contributed by atoms with van der Waals surface area (Å²) >= 11 is 0. The molecular weight excluding hydrogens is 326 g/mol. The van der Waals surface area contributed by atoms with Crippen LogP contribution in [0.3, 0.4) is 0 Å². The van der Waals surface area contributed by atoms with Gasteiger partial charge in [0, 0.05) is 6.42 Å². The number of hydrogen-bond donors (Lipinski definition) is 2. The van der Waals surface area contributed by atoms with E-state index in [2.05, 4.69) is 0 Å². The number of amides is 1. The molecule has 23 heavy (non-hydrogen) atoms. The predicted molar refractivity (Wildman–Crippen MR) is 78.6 cm³/mol. The maximum Gasteiger partial charge on any atom is 0.408 e. The Bertz CT molecular complexity index is 728. The maximum absolute atomic E-state index is 12.2. The van der Waals surface area contributed by atoms with Gasteiger partial charge in [-0.25, -0.2) is 9.59 Å². The largest absolute Gasteiger partial charge is 0.480 e. The molecule has 1 aliphatic heterocycles. The Hall–Kier alpha value is -2.13. The van der Waals surface area contributed by atoms with Crippen molar-refractivity contribution >= 4 is 22.2 Å². The minimum absolute atomic E-state index is 0.0612. The highest BCUT2D eigenvalue weighted by Crippen LogP contribution is 2.33. The molecule has 2 N–H and O–H groups in total. The lowest BCUT2D eigenvalue weighted by Crippen LogP contribution is -2.50. The second kappa shape index (κ2) is 5.82. The zero-order valence-corrected chi connectivity index (χ0v) is 13.4. The van der Waals surface area contributed by atoms with Gasteiger partial charge in [-0.05, 0) is 26.0 Å². The molecule has 1 aliphatic rings. The molecule has 0 radical (unpaired) electrons. The average Bonchev–Trinajstić information content (AvgIpc) is 2.77. The molecule has 126 valence electrons. The number of hydrogen-bond acceptors (Lipinski definition) is 5. The van der Waals surface area contributed by atoms with Gasteiger partial charge in [-0.2, -0.15) is 8.42 Å². The third kappa shape index (κ3) is 3.30. The summed E-state index contributed by atoms with van der Waals surface area (Å²) in [5.74, 6) is -1.35. The van der Waals surface area contributed by atoms with Crippen LogP contribution in [0.2, 0.25) is 0 Å². The summed E-state index contributed by atoms with van der Waals surface area (Å²) in [5, 5.41) is 18.4. The minimum atomic E-state index is -4.10. The lowest BCUT2D eigenvalue weighted by atomic mass is 9.99. The number of nitrogens with zero attached hydrogens (tertiary/aromatic N) is 1. The SMILES string of the molecule is Cc1ccc(S(=O)(=O)O[C@H]2CN(C(=O)O)[C@](C)(C(=O)O)C2)cc1. The molecule has 0 aromatic heterocycles. The van der Waals surface area contributed by atoms with Crippen LogP contribution in [0.4, 0.5) is 4.79 Å². The highest BCUT2D eigenvalue weighted by atomic mass is 32.2. The van der Waals surface area contributed by atoms with Crippen molar-refractivity contribution in [3.05, 3.63) is 29.8 Å². The van der Waals surface area contributed by atoms with Gasteiger partial charge in [-0.3, -0.25) is 9.08 Å². The fourth-order valence-corrected chi connectivity index (χ4v) is 3.59. The molecule has 0 unspecified atom stereocenters. The number of carbonyl (C=O) groups is 2. The molecule has 2 rings (SSSR count). The van der Waals surface area contributed by atoms with Crippen molar-refractivity contribution in [2.24, 2.45) is 0 Å². The van der Waals surface area contributed by atoms with Gasteiger partial charge in [0.15, 0.2) is 0 Å². The highest BCUT2D eigenvalue weighted by molar-refractivity contribution is 7.86. The molecule has 0 saturated carbocycles. The summed E-state index contributed by atoms with van der Waals surface area (Å²) < 4.78 is 29.5. The number of likely N-dealkylation sites (tertiary alicyclic amines) is 1. The summed E-state index contributed by atoms with van der Waals surface area (Å²) in [7, 11) is -4.10. The van der Waals surface area contributed by atoms with Crippen LogP contribution in [0.1, 0.15) is 18.9 Å². The van der Waals surface area contributed by atoms with Gasteiger partial charge in [-0.1, -0.05) is 17.7 Å². The fraction of sp³-hybridized carbons (Fsp3) is 0.429. The number of aryl methyl sites for hydroxylation is 1. The van der Waals surface area contributed by atoms with E-state index in [1.165, 1.54) is 19.1 Å². The van der Waals surface area contributed by atoms with E-state index >= 15 is 0 Å². The molecule has 1 saturated heterocycles. The second-order valence-electron chi connectivity index (χ2n) is 5.66. The van der Waals surface area contributed by atoms with E-state index < -0.39 is 33.8 Å². The summed E-state index contributed by atoms with van der Waals surface area (Å²) in [5.41, 5.74) is -0.848.